The second-order valence-electron chi connectivity index (χ2n) is 7.46. The molecule has 0 unspecified atom stereocenters. The normalized spacial score (nSPS) is 18.2. The Balaban J connectivity index is 1.28. The minimum absolute atomic E-state index is 0.179. The van der Waals surface area contributed by atoms with Crippen LogP contribution < -0.4 is 25.0 Å². The molecule has 2 aromatic rings. The highest BCUT2D eigenvalue weighted by molar-refractivity contribution is 5.90. The first kappa shape index (κ1) is 17.5. The van der Waals surface area contributed by atoms with Crippen molar-refractivity contribution in [3.05, 3.63) is 48.5 Å². The molecular formula is C21H25N3O3. The average molecular weight is 367 g/mol. The number of nitrogens with zero attached hydrogens (tertiary/aromatic N) is 1. The van der Waals surface area contributed by atoms with Gasteiger partial charge in [0.25, 0.3) is 0 Å². The van der Waals surface area contributed by atoms with E-state index < -0.39 is 5.79 Å². The van der Waals surface area contributed by atoms with Crippen molar-refractivity contribution in [2.24, 2.45) is 0 Å². The summed E-state index contributed by atoms with van der Waals surface area (Å²) in [5.41, 5.74) is 1.93. The first-order valence-corrected chi connectivity index (χ1v) is 9.38. The summed E-state index contributed by atoms with van der Waals surface area (Å²) in [6, 6.07) is 15.8. The molecule has 1 fully saturated rings. The number of urea groups is 1. The van der Waals surface area contributed by atoms with Crippen LogP contribution in [0.3, 0.4) is 0 Å². The molecule has 6 heteroatoms. The molecule has 4 rings (SSSR count). The van der Waals surface area contributed by atoms with Gasteiger partial charge in [-0.15, -0.1) is 0 Å². The van der Waals surface area contributed by atoms with Gasteiger partial charge in [-0.05, 0) is 37.1 Å². The molecule has 0 spiro atoms. The molecule has 1 saturated heterocycles. The van der Waals surface area contributed by atoms with Crippen LogP contribution in [0.2, 0.25) is 0 Å². The lowest BCUT2D eigenvalue weighted by Gasteiger charge is -2.33. The van der Waals surface area contributed by atoms with E-state index in [4.69, 9.17) is 9.47 Å². The van der Waals surface area contributed by atoms with Crippen LogP contribution in [-0.2, 0) is 0 Å². The number of nitrogens with one attached hydrogen (secondary N) is 2. The molecule has 0 bridgehead atoms. The van der Waals surface area contributed by atoms with Gasteiger partial charge in [0.2, 0.25) is 5.79 Å². The molecule has 0 aliphatic carbocycles. The van der Waals surface area contributed by atoms with E-state index >= 15 is 0 Å². The van der Waals surface area contributed by atoms with E-state index in [1.807, 2.05) is 32.0 Å². The monoisotopic (exact) mass is 367 g/mol. The number of para-hydroxylation sites is 1. The summed E-state index contributed by atoms with van der Waals surface area (Å²) < 4.78 is 11.4. The number of amides is 2. The molecule has 2 aliphatic heterocycles. The number of carbonyl (C=O) groups excluding carboxylic acids is 1. The molecule has 142 valence electrons. The van der Waals surface area contributed by atoms with E-state index in [0.717, 1.165) is 25.9 Å². The number of fused-ring (bicyclic) bond motifs is 1. The Morgan fingerprint density at radius 3 is 2.48 bits per heavy atom. The van der Waals surface area contributed by atoms with Crippen molar-refractivity contribution in [3.8, 4) is 11.5 Å². The third kappa shape index (κ3) is 4.10. The van der Waals surface area contributed by atoms with Gasteiger partial charge >= 0.3 is 6.03 Å². The molecule has 6 nitrogen and oxygen atoms in total. The van der Waals surface area contributed by atoms with Crippen molar-refractivity contribution in [1.82, 2.24) is 5.32 Å². The summed E-state index contributed by atoms with van der Waals surface area (Å²) in [5, 5.41) is 5.96. The van der Waals surface area contributed by atoms with Crippen LogP contribution >= 0.6 is 0 Å². The fourth-order valence-corrected chi connectivity index (χ4v) is 3.57. The zero-order valence-electron chi connectivity index (χ0n) is 15.7. The van der Waals surface area contributed by atoms with Gasteiger partial charge in [0.05, 0.1) is 0 Å². The van der Waals surface area contributed by atoms with Gasteiger partial charge in [-0.2, -0.15) is 0 Å². The van der Waals surface area contributed by atoms with Crippen molar-refractivity contribution in [2.75, 3.05) is 23.3 Å². The van der Waals surface area contributed by atoms with E-state index in [0.29, 0.717) is 17.2 Å². The number of benzene rings is 2. The minimum atomic E-state index is -0.671. The van der Waals surface area contributed by atoms with Gasteiger partial charge < -0.3 is 25.0 Å². The van der Waals surface area contributed by atoms with Crippen molar-refractivity contribution >= 4 is 17.4 Å². The van der Waals surface area contributed by atoms with Gasteiger partial charge in [0, 0.05) is 50.4 Å². The maximum Gasteiger partial charge on any atom is 0.319 e. The Morgan fingerprint density at radius 1 is 1.04 bits per heavy atom. The third-order valence-corrected chi connectivity index (χ3v) is 4.86. The summed E-state index contributed by atoms with van der Waals surface area (Å²) in [6.07, 6.45) is 1.86. The van der Waals surface area contributed by atoms with E-state index in [1.165, 1.54) is 5.69 Å². The van der Waals surface area contributed by atoms with E-state index in [-0.39, 0.29) is 12.1 Å². The molecule has 0 atom stereocenters. The van der Waals surface area contributed by atoms with Crippen molar-refractivity contribution in [1.29, 1.82) is 0 Å². The number of carbonyl (C=O) groups is 1. The fourth-order valence-electron chi connectivity index (χ4n) is 3.57. The third-order valence-electron chi connectivity index (χ3n) is 4.86. The highest BCUT2D eigenvalue weighted by atomic mass is 16.7. The number of rotatable bonds is 3. The molecule has 2 amide bonds. The Labute approximate surface area is 159 Å². The van der Waals surface area contributed by atoms with Crippen molar-refractivity contribution in [3.63, 3.8) is 0 Å². The predicted octanol–water partition coefficient (Wildman–Crippen LogP) is 3.98. The average Bonchev–Trinajstić information content (AvgIpc) is 2.96. The smallest absolute Gasteiger partial charge is 0.319 e. The lowest BCUT2D eigenvalue weighted by Crippen LogP contribution is -2.46. The van der Waals surface area contributed by atoms with Crippen LogP contribution in [0.4, 0.5) is 16.2 Å². The zero-order valence-corrected chi connectivity index (χ0v) is 15.7. The van der Waals surface area contributed by atoms with Gasteiger partial charge in [-0.1, -0.05) is 18.2 Å². The van der Waals surface area contributed by atoms with Crippen LogP contribution in [0, 0.1) is 0 Å². The maximum absolute atomic E-state index is 12.4. The molecule has 2 aromatic carbocycles. The Kier molecular flexibility index (Phi) is 4.56. The molecule has 2 aliphatic rings. The number of hydrogen-bond acceptors (Lipinski definition) is 4. The Bertz CT molecular complexity index is 815. The van der Waals surface area contributed by atoms with E-state index in [1.54, 1.807) is 6.07 Å². The van der Waals surface area contributed by atoms with Gasteiger partial charge in [-0.25, -0.2) is 4.79 Å². The molecular weight excluding hydrogens is 342 g/mol. The number of ether oxygens (including phenoxy) is 2. The lowest BCUT2D eigenvalue weighted by molar-refractivity contribution is -0.0431. The van der Waals surface area contributed by atoms with Crippen LogP contribution in [0.5, 0.6) is 11.5 Å². The lowest BCUT2D eigenvalue weighted by atomic mass is 10.0. The van der Waals surface area contributed by atoms with Crippen LogP contribution in [0.15, 0.2) is 48.5 Å². The summed E-state index contributed by atoms with van der Waals surface area (Å²) >= 11 is 0. The van der Waals surface area contributed by atoms with E-state index in [2.05, 4.69) is 39.8 Å². The zero-order chi connectivity index (χ0) is 18.9. The number of piperidine rings is 1. The second kappa shape index (κ2) is 7.02. The highest BCUT2D eigenvalue weighted by Crippen LogP contribution is 2.40. The Morgan fingerprint density at radius 2 is 1.74 bits per heavy atom. The quantitative estimate of drug-likeness (QED) is 0.861. The molecule has 0 aromatic heterocycles. The summed E-state index contributed by atoms with van der Waals surface area (Å²) in [4.78, 5) is 14.7. The summed E-state index contributed by atoms with van der Waals surface area (Å²) in [7, 11) is 0. The fraction of sp³-hybridized carbons (Fsp3) is 0.381. The van der Waals surface area contributed by atoms with Gasteiger partial charge in [-0.3, -0.25) is 0 Å². The van der Waals surface area contributed by atoms with Gasteiger partial charge in [0.15, 0.2) is 11.5 Å². The number of hydrogen-bond donors (Lipinski definition) is 2. The highest BCUT2D eigenvalue weighted by Gasteiger charge is 2.31. The summed E-state index contributed by atoms with van der Waals surface area (Å²) in [5.74, 6) is 0.670. The van der Waals surface area contributed by atoms with Crippen LogP contribution in [0.1, 0.15) is 26.7 Å². The van der Waals surface area contributed by atoms with E-state index in [9.17, 15) is 4.79 Å². The number of anilines is 2. The van der Waals surface area contributed by atoms with Crippen LogP contribution in [-0.4, -0.2) is 30.9 Å². The molecule has 27 heavy (non-hydrogen) atoms. The first-order chi connectivity index (χ1) is 13.0. The first-order valence-electron chi connectivity index (χ1n) is 9.38. The standard InChI is InChI=1S/C21H25N3O3/c1-21(2)26-18-9-8-16(14-19(18)27-21)23-20(25)22-15-10-12-24(13-11-15)17-6-4-3-5-7-17/h3-9,14-15H,10-13H2,1-2H3,(H2,22,23,25). The summed E-state index contributed by atoms with van der Waals surface area (Å²) in [6.45, 7) is 5.59. The topological polar surface area (TPSA) is 62.8 Å². The SMILES string of the molecule is CC1(C)Oc2ccc(NC(=O)NC3CCN(c4ccccc4)CC3)cc2O1. The predicted molar refractivity (Wildman–Crippen MR) is 106 cm³/mol. The largest absolute Gasteiger partial charge is 0.449 e. The van der Waals surface area contributed by atoms with Crippen molar-refractivity contribution < 1.29 is 14.3 Å². The molecule has 0 radical (unpaired) electrons. The molecule has 2 N–H and O–H groups in total. The second-order valence-corrected chi connectivity index (χ2v) is 7.46. The van der Waals surface area contributed by atoms with Gasteiger partial charge in [0.1, 0.15) is 0 Å². The molecule has 2 heterocycles. The molecule has 0 saturated carbocycles. The van der Waals surface area contributed by atoms with Crippen molar-refractivity contribution in [2.45, 2.75) is 38.5 Å². The maximum atomic E-state index is 12.4. The van der Waals surface area contributed by atoms with Crippen LogP contribution in [0.25, 0.3) is 0 Å². The Hall–Kier alpha value is -2.89. The minimum Gasteiger partial charge on any atom is -0.449 e.